The highest BCUT2D eigenvalue weighted by Crippen LogP contribution is 2.15. The van der Waals surface area contributed by atoms with Crippen molar-refractivity contribution >= 4 is 0 Å². The second kappa shape index (κ2) is 5.83. The first kappa shape index (κ1) is 12.9. The average Bonchev–Trinajstić information content (AvgIpc) is 2.15. The monoisotopic (exact) mass is 214 g/mol. The van der Waals surface area contributed by atoms with Gasteiger partial charge in [-0.1, -0.05) is 6.92 Å². The lowest BCUT2D eigenvalue weighted by atomic mass is 10.1. The first-order valence-corrected chi connectivity index (χ1v) is 6.17. The Balaban J connectivity index is 2.47. The van der Waals surface area contributed by atoms with Gasteiger partial charge in [-0.25, -0.2) is 0 Å². The van der Waals surface area contributed by atoms with Crippen molar-refractivity contribution in [2.24, 2.45) is 0 Å². The Morgan fingerprint density at radius 1 is 1.27 bits per heavy atom. The van der Waals surface area contributed by atoms with Crippen molar-refractivity contribution in [3.05, 3.63) is 0 Å². The quantitative estimate of drug-likeness (QED) is 0.767. The minimum Gasteiger partial charge on any atom is -0.373 e. The number of ether oxygens (including phenoxy) is 1. The fourth-order valence-corrected chi connectivity index (χ4v) is 2.36. The van der Waals surface area contributed by atoms with Crippen LogP contribution in [0.25, 0.3) is 0 Å². The molecule has 0 aliphatic carbocycles. The van der Waals surface area contributed by atoms with Crippen molar-refractivity contribution in [2.45, 2.75) is 58.9 Å². The van der Waals surface area contributed by atoms with Crippen molar-refractivity contribution in [1.82, 2.24) is 10.2 Å². The Morgan fingerprint density at radius 2 is 1.80 bits per heavy atom. The van der Waals surface area contributed by atoms with Gasteiger partial charge in [0.1, 0.15) is 0 Å². The molecule has 4 unspecified atom stereocenters. The van der Waals surface area contributed by atoms with Crippen molar-refractivity contribution < 1.29 is 4.74 Å². The van der Waals surface area contributed by atoms with Crippen LogP contribution >= 0.6 is 0 Å². The standard InChI is InChI=1S/C12H26N2O/c1-6-13-11(4)12(5)14-7-9(2)15-10(3)8-14/h9-13H,6-8H2,1-5H3. The number of likely N-dealkylation sites (N-methyl/N-ethyl adjacent to an activating group) is 1. The van der Waals surface area contributed by atoms with Crippen molar-refractivity contribution in [3.8, 4) is 0 Å². The summed E-state index contributed by atoms with van der Waals surface area (Å²) in [5.41, 5.74) is 0. The minimum absolute atomic E-state index is 0.366. The first-order valence-electron chi connectivity index (χ1n) is 6.17. The summed E-state index contributed by atoms with van der Waals surface area (Å²) in [7, 11) is 0. The molecule has 1 fully saturated rings. The van der Waals surface area contributed by atoms with Crippen molar-refractivity contribution in [3.63, 3.8) is 0 Å². The van der Waals surface area contributed by atoms with E-state index in [1.165, 1.54) is 0 Å². The summed E-state index contributed by atoms with van der Waals surface area (Å²) in [6.07, 6.45) is 0.732. The van der Waals surface area contributed by atoms with E-state index in [0.717, 1.165) is 19.6 Å². The van der Waals surface area contributed by atoms with Crippen molar-refractivity contribution in [2.75, 3.05) is 19.6 Å². The van der Waals surface area contributed by atoms with Gasteiger partial charge in [-0.15, -0.1) is 0 Å². The maximum Gasteiger partial charge on any atom is 0.0678 e. The molecule has 1 N–H and O–H groups in total. The number of hydrogen-bond donors (Lipinski definition) is 1. The molecule has 4 atom stereocenters. The van der Waals surface area contributed by atoms with Gasteiger partial charge in [-0.2, -0.15) is 0 Å². The molecule has 1 rings (SSSR count). The number of hydrogen-bond acceptors (Lipinski definition) is 3. The van der Waals surface area contributed by atoms with Gasteiger partial charge in [0.05, 0.1) is 12.2 Å². The summed E-state index contributed by atoms with van der Waals surface area (Å²) < 4.78 is 5.74. The zero-order valence-corrected chi connectivity index (χ0v) is 10.8. The maximum absolute atomic E-state index is 5.74. The normalized spacial score (nSPS) is 32.6. The van der Waals surface area contributed by atoms with E-state index in [1.54, 1.807) is 0 Å². The zero-order valence-electron chi connectivity index (χ0n) is 10.8. The van der Waals surface area contributed by atoms with Crippen LogP contribution < -0.4 is 5.32 Å². The third-order valence-corrected chi connectivity index (χ3v) is 3.27. The summed E-state index contributed by atoms with van der Waals surface area (Å²) in [5, 5.41) is 3.49. The first-order chi connectivity index (χ1) is 7.04. The predicted octanol–water partition coefficient (Wildman–Crippen LogP) is 1.48. The van der Waals surface area contributed by atoms with E-state index in [2.05, 4.69) is 44.8 Å². The Labute approximate surface area is 94.2 Å². The highest BCUT2D eigenvalue weighted by atomic mass is 16.5. The third kappa shape index (κ3) is 3.74. The minimum atomic E-state index is 0.366. The topological polar surface area (TPSA) is 24.5 Å². The largest absolute Gasteiger partial charge is 0.373 e. The molecule has 1 saturated heterocycles. The highest BCUT2D eigenvalue weighted by Gasteiger charge is 2.27. The molecule has 3 nitrogen and oxygen atoms in total. The summed E-state index contributed by atoms with van der Waals surface area (Å²) in [6.45, 7) is 14.2. The Bertz CT molecular complexity index is 176. The van der Waals surface area contributed by atoms with Crippen LogP contribution in [-0.2, 0) is 4.74 Å². The fourth-order valence-electron chi connectivity index (χ4n) is 2.36. The summed E-state index contributed by atoms with van der Waals surface area (Å²) in [5.74, 6) is 0. The molecule has 0 aromatic rings. The number of nitrogens with one attached hydrogen (secondary N) is 1. The van der Waals surface area contributed by atoms with Crippen LogP contribution in [0.2, 0.25) is 0 Å². The molecule has 90 valence electrons. The van der Waals surface area contributed by atoms with Gasteiger partial charge in [-0.3, -0.25) is 4.90 Å². The van der Waals surface area contributed by atoms with Crippen LogP contribution in [0.4, 0.5) is 0 Å². The Morgan fingerprint density at radius 3 is 2.27 bits per heavy atom. The van der Waals surface area contributed by atoms with E-state index in [9.17, 15) is 0 Å². The number of nitrogens with zero attached hydrogens (tertiary/aromatic N) is 1. The molecule has 0 bridgehead atoms. The smallest absolute Gasteiger partial charge is 0.0678 e. The lowest BCUT2D eigenvalue weighted by molar-refractivity contribution is -0.0813. The Hall–Kier alpha value is -0.120. The van der Waals surface area contributed by atoms with Crippen LogP contribution in [0.5, 0.6) is 0 Å². The maximum atomic E-state index is 5.74. The van der Waals surface area contributed by atoms with E-state index in [4.69, 9.17) is 4.74 Å². The lowest BCUT2D eigenvalue weighted by Gasteiger charge is -2.41. The predicted molar refractivity (Wildman–Crippen MR) is 64.2 cm³/mol. The number of morpholine rings is 1. The van der Waals surface area contributed by atoms with E-state index in [-0.39, 0.29) is 0 Å². The molecule has 0 amide bonds. The molecular formula is C12H26N2O. The number of rotatable bonds is 4. The second-order valence-corrected chi connectivity index (χ2v) is 4.80. The molecule has 0 radical (unpaired) electrons. The van der Waals surface area contributed by atoms with Crippen LogP contribution in [0, 0.1) is 0 Å². The summed E-state index contributed by atoms with van der Waals surface area (Å²) in [6, 6.07) is 1.13. The van der Waals surface area contributed by atoms with Crippen LogP contribution in [0.3, 0.4) is 0 Å². The highest BCUT2D eigenvalue weighted by molar-refractivity contribution is 4.83. The molecule has 0 saturated carbocycles. The van der Waals surface area contributed by atoms with Crippen LogP contribution in [0.1, 0.15) is 34.6 Å². The van der Waals surface area contributed by atoms with Crippen molar-refractivity contribution in [1.29, 1.82) is 0 Å². The van der Waals surface area contributed by atoms with Gasteiger partial charge in [0, 0.05) is 25.2 Å². The molecule has 1 aliphatic heterocycles. The molecule has 1 aliphatic rings. The molecule has 0 spiro atoms. The Kier molecular flexibility index (Phi) is 5.03. The summed E-state index contributed by atoms with van der Waals surface area (Å²) >= 11 is 0. The molecule has 15 heavy (non-hydrogen) atoms. The summed E-state index contributed by atoms with van der Waals surface area (Å²) in [4.78, 5) is 2.53. The van der Waals surface area contributed by atoms with Gasteiger partial charge >= 0.3 is 0 Å². The molecule has 0 aromatic carbocycles. The molecule has 3 heteroatoms. The van der Waals surface area contributed by atoms with Gasteiger partial charge in [-0.05, 0) is 34.2 Å². The molecule has 1 heterocycles. The molecule has 0 aromatic heterocycles. The average molecular weight is 214 g/mol. The SMILES string of the molecule is CCNC(C)C(C)N1CC(C)OC(C)C1. The van der Waals surface area contributed by atoms with Crippen LogP contribution in [-0.4, -0.2) is 48.8 Å². The fraction of sp³-hybridized carbons (Fsp3) is 1.00. The zero-order chi connectivity index (χ0) is 11.4. The van der Waals surface area contributed by atoms with E-state index >= 15 is 0 Å². The van der Waals surface area contributed by atoms with Gasteiger partial charge < -0.3 is 10.1 Å². The van der Waals surface area contributed by atoms with E-state index in [1.807, 2.05) is 0 Å². The van der Waals surface area contributed by atoms with Gasteiger partial charge in [0.2, 0.25) is 0 Å². The van der Waals surface area contributed by atoms with E-state index < -0.39 is 0 Å². The molecular weight excluding hydrogens is 188 g/mol. The second-order valence-electron chi connectivity index (χ2n) is 4.80. The van der Waals surface area contributed by atoms with Gasteiger partial charge in [0.25, 0.3) is 0 Å². The van der Waals surface area contributed by atoms with Crippen LogP contribution in [0.15, 0.2) is 0 Å². The lowest BCUT2D eigenvalue weighted by Crippen LogP contribution is -2.54. The van der Waals surface area contributed by atoms with E-state index in [0.29, 0.717) is 24.3 Å². The van der Waals surface area contributed by atoms with Gasteiger partial charge in [0.15, 0.2) is 0 Å². The third-order valence-electron chi connectivity index (χ3n) is 3.27.